The molecule has 0 radical (unpaired) electrons. The maximum atomic E-state index is 10.1. The zero-order valence-corrected chi connectivity index (χ0v) is 14.9. The third-order valence-electron chi connectivity index (χ3n) is 2.75. The highest BCUT2D eigenvalue weighted by atomic mass is 16.1. The molecule has 0 rings (SSSR count). The Morgan fingerprint density at radius 2 is 1.45 bits per heavy atom. The second kappa shape index (κ2) is 28.0. The van der Waals surface area contributed by atoms with Gasteiger partial charge in [0.05, 0.1) is 0 Å². The van der Waals surface area contributed by atoms with Crippen LogP contribution in [-0.4, -0.2) is 12.6 Å². The van der Waals surface area contributed by atoms with Crippen LogP contribution < -0.4 is 0 Å². The van der Waals surface area contributed by atoms with Gasteiger partial charge in [-0.1, -0.05) is 73.6 Å². The lowest BCUT2D eigenvalue weighted by molar-refractivity contribution is -0.111. The normalized spacial score (nSPS) is 10.2. The minimum absolute atomic E-state index is 0. The predicted octanol–water partition coefficient (Wildman–Crippen LogP) is 6.55. The van der Waals surface area contributed by atoms with Gasteiger partial charge in [-0.25, -0.2) is 0 Å². The first-order valence-corrected chi connectivity index (χ1v) is 8.30. The molecule has 0 fully saturated rings. The van der Waals surface area contributed by atoms with Crippen molar-refractivity contribution in [2.24, 2.45) is 5.92 Å². The fourth-order valence-corrected chi connectivity index (χ4v) is 1.45. The lowest BCUT2D eigenvalue weighted by Crippen LogP contribution is -1.97. The van der Waals surface area contributed by atoms with Crippen LogP contribution in [0.1, 0.15) is 87.0 Å². The summed E-state index contributed by atoms with van der Waals surface area (Å²) in [5.41, 5.74) is 0.697. The smallest absolute Gasteiger partial charge is 0.145 e. The van der Waals surface area contributed by atoms with Crippen molar-refractivity contribution in [3.63, 3.8) is 0 Å². The lowest BCUT2D eigenvalue weighted by Gasteiger charge is -2.01. The van der Waals surface area contributed by atoms with Gasteiger partial charge >= 0.3 is 0 Å². The molecular weight excluding hydrogens is 272 g/mol. The van der Waals surface area contributed by atoms with Crippen molar-refractivity contribution in [1.82, 2.24) is 0 Å². The van der Waals surface area contributed by atoms with Crippen molar-refractivity contribution in [2.75, 3.05) is 0 Å². The van der Waals surface area contributed by atoms with Crippen molar-refractivity contribution in [1.29, 1.82) is 0 Å². The van der Waals surface area contributed by atoms with Crippen LogP contribution in [-0.2, 0) is 9.59 Å². The van der Waals surface area contributed by atoms with Gasteiger partial charge in [0, 0.05) is 5.92 Å². The number of hydrogen-bond donors (Lipinski definition) is 0. The molecule has 1 atom stereocenters. The Labute approximate surface area is 140 Å². The third kappa shape index (κ3) is 31.3. The van der Waals surface area contributed by atoms with Crippen LogP contribution in [0.2, 0.25) is 0 Å². The van der Waals surface area contributed by atoms with Gasteiger partial charge in [0.2, 0.25) is 0 Å². The van der Waals surface area contributed by atoms with Crippen molar-refractivity contribution >= 4 is 12.6 Å². The van der Waals surface area contributed by atoms with E-state index >= 15 is 0 Å². The molecule has 0 aliphatic rings. The molecule has 132 valence electrons. The molecule has 1 unspecified atom stereocenters. The van der Waals surface area contributed by atoms with Gasteiger partial charge in [-0.15, -0.1) is 0 Å². The summed E-state index contributed by atoms with van der Waals surface area (Å²) in [4.78, 5) is 19.9. The van der Waals surface area contributed by atoms with E-state index in [1.807, 2.05) is 6.92 Å². The largest absolute Gasteiger partial charge is 0.303 e. The summed E-state index contributed by atoms with van der Waals surface area (Å²) in [5, 5.41) is 0. The zero-order chi connectivity index (χ0) is 16.9. The lowest BCUT2D eigenvalue weighted by atomic mass is 10.0. The van der Waals surface area contributed by atoms with E-state index in [1.165, 1.54) is 12.8 Å². The summed E-state index contributed by atoms with van der Waals surface area (Å²) >= 11 is 0. The fraction of sp³-hybridized carbons (Fsp3) is 0.700. The van der Waals surface area contributed by atoms with Crippen molar-refractivity contribution in [2.45, 2.75) is 87.0 Å². The van der Waals surface area contributed by atoms with Gasteiger partial charge in [0.25, 0.3) is 0 Å². The third-order valence-corrected chi connectivity index (χ3v) is 2.75. The molecule has 0 aromatic rings. The highest BCUT2D eigenvalue weighted by molar-refractivity contribution is 5.71. The van der Waals surface area contributed by atoms with Gasteiger partial charge in [-0.3, -0.25) is 4.79 Å². The van der Waals surface area contributed by atoms with Gasteiger partial charge in [-0.2, -0.15) is 0 Å². The average Bonchev–Trinajstić information content (AvgIpc) is 2.52. The van der Waals surface area contributed by atoms with Crippen molar-refractivity contribution in [3.05, 3.63) is 24.3 Å². The van der Waals surface area contributed by atoms with Gasteiger partial charge in [0.15, 0.2) is 0 Å². The van der Waals surface area contributed by atoms with Crippen LogP contribution >= 0.6 is 0 Å². The molecule has 0 aromatic heterocycles. The van der Waals surface area contributed by atoms with Crippen molar-refractivity contribution < 1.29 is 9.59 Å². The van der Waals surface area contributed by atoms with Crippen LogP contribution in [0.15, 0.2) is 24.3 Å². The highest BCUT2D eigenvalue weighted by Crippen LogP contribution is 2.05. The second-order valence-corrected chi connectivity index (χ2v) is 4.91. The Morgan fingerprint density at radius 3 is 1.59 bits per heavy atom. The molecule has 0 saturated carbocycles. The fourth-order valence-electron chi connectivity index (χ4n) is 1.45. The number of allylic oxidation sites excluding steroid dienone is 3. The highest BCUT2D eigenvalue weighted by Gasteiger charge is 1.99. The first kappa shape index (κ1) is 28.9. The topological polar surface area (TPSA) is 34.1 Å². The quantitative estimate of drug-likeness (QED) is 0.275. The minimum atomic E-state index is 0. The molecule has 0 heterocycles. The Morgan fingerprint density at radius 1 is 0.955 bits per heavy atom. The van der Waals surface area contributed by atoms with Crippen LogP contribution in [0.4, 0.5) is 0 Å². The van der Waals surface area contributed by atoms with E-state index < -0.39 is 0 Å². The van der Waals surface area contributed by atoms with Gasteiger partial charge < -0.3 is 4.79 Å². The molecule has 0 aliphatic carbocycles. The Kier molecular flexibility index (Phi) is 36.9. The summed E-state index contributed by atoms with van der Waals surface area (Å²) in [6.07, 6.45) is 13.6. The first-order chi connectivity index (χ1) is 10.1. The zero-order valence-electron chi connectivity index (χ0n) is 14.9. The molecule has 0 aliphatic heterocycles. The summed E-state index contributed by atoms with van der Waals surface area (Å²) in [6, 6.07) is 0. The number of carbonyl (C=O) groups excluding carboxylic acids is 2. The monoisotopic (exact) mass is 312 g/mol. The molecule has 2 nitrogen and oxygen atoms in total. The van der Waals surface area contributed by atoms with Crippen molar-refractivity contribution in [3.8, 4) is 0 Å². The minimum Gasteiger partial charge on any atom is -0.303 e. The maximum absolute atomic E-state index is 10.1. The molecule has 0 spiro atoms. The Balaban J connectivity index is -0.000000109. The van der Waals surface area contributed by atoms with E-state index in [4.69, 9.17) is 0 Å². The van der Waals surface area contributed by atoms with E-state index in [-0.39, 0.29) is 7.43 Å². The summed E-state index contributed by atoms with van der Waals surface area (Å²) in [7, 11) is 0. The molecule has 0 amide bonds. The van der Waals surface area contributed by atoms with Crippen LogP contribution in [0.25, 0.3) is 0 Å². The Hall–Kier alpha value is -1.18. The van der Waals surface area contributed by atoms with Gasteiger partial charge in [-0.05, 0) is 37.7 Å². The van der Waals surface area contributed by atoms with E-state index in [0.29, 0.717) is 11.5 Å². The molecule has 0 bridgehead atoms. The first-order valence-electron chi connectivity index (χ1n) is 8.30. The van der Waals surface area contributed by atoms with Crippen LogP contribution in [0.5, 0.6) is 0 Å². The number of carbonyl (C=O) groups is 2. The molecular formula is C20H40O2. The maximum Gasteiger partial charge on any atom is 0.145 e. The number of rotatable bonds is 9. The summed E-state index contributed by atoms with van der Waals surface area (Å²) in [5.74, 6) is 0.319. The predicted molar refractivity (Wildman–Crippen MR) is 101 cm³/mol. The van der Waals surface area contributed by atoms with E-state index in [1.54, 1.807) is 0 Å². The summed E-state index contributed by atoms with van der Waals surface area (Å²) < 4.78 is 0. The molecule has 0 saturated heterocycles. The SMILES string of the molecule is C.C=C(C=O)CCC.CC/C=C/CC.CCCC(C=O)CC. The molecule has 22 heavy (non-hydrogen) atoms. The Bertz CT molecular complexity index is 248. The molecule has 0 N–H and O–H groups in total. The van der Waals surface area contributed by atoms with E-state index in [9.17, 15) is 9.59 Å². The second-order valence-electron chi connectivity index (χ2n) is 4.91. The summed E-state index contributed by atoms with van der Waals surface area (Å²) in [6.45, 7) is 14.0. The van der Waals surface area contributed by atoms with Crippen LogP contribution in [0, 0.1) is 5.92 Å². The standard InChI is InChI=1S/C7H14O.C6H10O.C6H12.CH4/c1-3-5-7(4-2)6-8;1-3-4-6(2)5-7;1-3-5-6-4-2;/h6-7H,3-5H2,1-2H3;5H,2-4H2,1H3;5-6H,3-4H2,1-2H3;1H4/b;;6-5+;. The van der Waals surface area contributed by atoms with E-state index in [0.717, 1.165) is 44.7 Å². The van der Waals surface area contributed by atoms with E-state index in [2.05, 4.69) is 46.4 Å². The number of hydrogen-bond acceptors (Lipinski definition) is 2. The number of aldehydes is 2. The average molecular weight is 313 g/mol. The van der Waals surface area contributed by atoms with Crippen LogP contribution in [0.3, 0.4) is 0 Å². The molecule has 0 aromatic carbocycles. The van der Waals surface area contributed by atoms with Gasteiger partial charge in [0.1, 0.15) is 12.6 Å². The molecule has 2 heteroatoms.